The first-order valence-corrected chi connectivity index (χ1v) is 9.21. The molecule has 0 amide bonds. The van der Waals surface area contributed by atoms with Crippen LogP contribution in [0.4, 0.5) is 5.69 Å². The molecule has 0 radical (unpaired) electrons. The molecule has 0 aliphatic carbocycles. The van der Waals surface area contributed by atoms with Gasteiger partial charge in [0, 0.05) is 57.9 Å². The van der Waals surface area contributed by atoms with Gasteiger partial charge in [-0.3, -0.25) is 19.9 Å². The molecule has 3 rings (SSSR count). The van der Waals surface area contributed by atoms with E-state index in [1.54, 1.807) is 6.07 Å². The number of nitro groups is 1. The molecular weight excluding hydrogens is 352 g/mol. The molecule has 1 aromatic rings. The highest BCUT2D eigenvalue weighted by molar-refractivity contribution is 5.71. The predicted octanol–water partition coefficient (Wildman–Crippen LogP) is 0.626. The predicted molar refractivity (Wildman–Crippen MR) is 98.7 cm³/mol. The van der Waals surface area contributed by atoms with Crippen molar-refractivity contribution >= 4 is 11.7 Å². The molecule has 27 heavy (non-hydrogen) atoms. The van der Waals surface area contributed by atoms with Crippen molar-refractivity contribution in [3.8, 4) is 5.75 Å². The maximum absolute atomic E-state index is 11.4. The Labute approximate surface area is 158 Å². The molecule has 148 valence electrons. The monoisotopic (exact) mass is 378 g/mol. The van der Waals surface area contributed by atoms with Crippen LogP contribution in [0.1, 0.15) is 12.0 Å². The quantitative estimate of drug-likeness (QED) is 0.419. The minimum absolute atomic E-state index is 0.0780. The van der Waals surface area contributed by atoms with E-state index in [0.717, 1.165) is 51.3 Å². The zero-order valence-corrected chi connectivity index (χ0v) is 15.6. The average molecular weight is 378 g/mol. The largest absolute Gasteiger partial charge is 0.475 e. The number of piperazine rings is 1. The summed E-state index contributed by atoms with van der Waals surface area (Å²) in [6.07, 6.45) is 1.13. The van der Waals surface area contributed by atoms with Gasteiger partial charge in [-0.05, 0) is 18.1 Å². The van der Waals surface area contributed by atoms with E-state index in [0.29, 0.717) is 12.6 Å². The minimum atomic E-state index is -0.579. The number of ether oxygens (including phenoxy) is 2. The number of methoxy groups -OCH3 is 1. The maximum atomic E-state index is 11.4. The Hall–Kier alpha value is -2.23. The lowest BCUT2D eigenvalue weighted by Gasteiger charge is -2.32. The van der Waals surface area contributed by atoms with Crippen LogP contribution in [0.3, 0.4) is 0 Å². The number of rotatable bonds is 7. The number of hydrogen-bond donors (Lipinski definition) is 1. The lowest BCUT2D eigenvalue weighted by molar-refractivity contribution is -0.385. The van der Waals surface area contributed by atoms with E-state index in [2.05, 4.69) is 19.9 Å². The fourth-order valence-corrected chi connectivity index (χ4v) is 3.68. The van der Waals surface area contributed by atoms with E-state index in [1.165, 1.54) is 13.2 Å². The first-order valence-electron chi connectivity index (χ1n) is 9.21. The molecule has 0 bridgehead atoms. The molecule has 1 N–H and O–H groups in total. The van der Waals surface area contributed by atoms with Gasteiger partial charge in [-0.1, -0.05) is 6.07 Å². The molecule has 0 saturated carbocycles. The fourth-order valence-electron chi connectivity index (χ4n) is 3.68. The van der Waals surface area contributed by atoms with Gasteiger partial charge in [-0.15, -0.1) is 0 Å². The molecule has 2 aliphatic heterocycles. The summed E-state index contributed by atoms with van der Waals surface area (Å²) in [5, 5.41) is 14.7. The summed E-state index contributed by atoms with van der Waals surface area (Å²) in [6.45, 7) is 6.52. The number of nitrogens with one attached hydrogen (secondary N) is 1. The average Bonchev–Trinajstić information content (AvgIpc) is 3.15. The van der Waals surface area contributed by atoms with Gasteiger partial charge in [-0.25, -0.2) is 4.79 Å². The molecule has 1 atom stereocenters. The Bertz CT molecular complexity index is 678. The molecule has 2 aliphatic rings. The van der Waals surface area contributed by atoms with Crippen LogP contribution in [0.2, 0.25) is 0 Å². The number of nitro benzene ring substituents is 1. The molecule has 9 nitrogen and oxygen atoms in total. The second-order valence-corrected chi connectivity index (χ2v) is 6.89. The van der Waals surface area contributed by atoms with Crippen molar-refractivity contribution in [3.05, 3.63) is 33.9 Å². The maximum Gasteiger partial charge on any atom is 0.343 e. The highest BCUT2D eigenvalue weighted by atomic mass is 16.6. The second-order valence-electron chi connectivity index (χ2n) is 6.89. The van der Waals surface area contributed by atoms with Gasteiger partial charge >= 0.3 is 11.7 Å². The molecule has 2 heterocycles. The molecule has 0 aromatic heterocycles. The van der Waals surface area contributed by atoms with Crippen molar-refractivity contribution in [2.75, 3.05) is 53.0 Å². The van der Waals surface area contributed by atoms with Crippen LogP contribution in [0.5, 0.6) is 5.75 Å². The van der Waals surface area contributed by atoms with Gasteiger partial charge in [-0.2, -0.15) is 0 Å². The summed E-state index contributed by atoms with van der Waals surface area (Å²) in [6, 6.07) is 5.47. The number of hydrogen-bond acceptors (Lipinski definition) is 8. The third kappa shape index (κ3) is 5.15. The van der Waals surface area contributed by atoms with Crippen molar-refractivity contribution in [3.63, 3.8) is 0 Å². The fraction of sp³-hybridized carbons (Fsp3) is 0.611. The first kappa shape index (κ1) is 19.5. The van der Waals surface area contributed by atoms with Crippen molar-refractivity contribution in [1.82, 2.24) is 15.1 Å². The standard InChI is InChI=1S/C18H26N4O5/c1-26-18(23)13-27-17-3-2-14(10-16(17)22(24)25)11-20-7-4-15(12-20)21-8-5-19-6-9-21/h2-3,10,15,19H,4-9,11-13H2,1H3. The molecule has 2 fully saturated rings. The smallest absolute Gasteiger partial charge is 0.343 e. The van der Waals surface area contributed by atoms with E-state index >= 15 is 0 Å². The van der Waals surface area contributed by atoms with E-state index in [4.69, 9.17) is 4.74 Å². The van der Waals surface area contributed by atoms with Crippen LogP contribution in [-0.2, 0) is 16.1 Å². The van der Waals surface area contributed by atoms with E-state index in [1.807, 2.05) is 6.07 Å². The number of likely N-dealkylation sites (tertiary alicyclic amines) is 1. The van der Waals surface area contributed by atoms with Crippen molar-refractivity contribution in [2.24, 2.45) is 0 Å². The number of carbonyl (C=O) groups is 1. The van der Waals surface area contributed by atoms with E-state index in [9.17, 15) is 14.9 Å². The molecule has 2 saturated heterocycles. The van der Waals surface area contributed by atoms with Gasteiger partial charge in [0.2, 0.25) is 0 Å². The lowest BCUT2D eigenvalue weighted by Crippen LogP contribution is -2.49. The lowest BCUT2D eigenvalue weighted by atomic mass is 10.1. The Balaban J connectivity index is 1.60. The molecular formula is C18H26N4O5. The molecule has 1 unspecified atom stereocenters. The number of benzene rings is 1. The number of nitrogens with zero attached hydrogens (tertiary/aromatic N) is 3. The highest BCUT2D eigenvalue weighted by Gasteiger charge is 2.28. The van der Waals surface area contributed by atoms with Crippen LogP contribution in [0.25, 0.3) is 0 Å². The van der Waals surface area contributed by atoms with Gasteiger partial charge < -0.3 is 14.8 Å². The van der Waals surface area contributed by atoms with Crippen LogP contribution >= 0.6 is 0 Å². The minimum Gasteiger partial charge on any atom is -0.475 e. The molecule has 1 aromatic carbocycles. The van der Waals surface area contributed by atoms with Gasteiger partial charge in [0.15, 0.2) is 12.4 Å². The highest BCUT2D eigenvalue weighted by Crippen LogP contribution is 2.29. The third-order valence-corrected chi connectivity index (χ3v) is 5.11. The Kier molecular flexibility index (Phi) is 6.59. The summed E-state index contributed by atoms with van der Waals surface area (Å²) < 4.78 is 9.73. The van der Waals surface area contributed by atoms with Crippen LogP contribution < -0.4 is 10.1 Å². The Morgan fingerprint density at radius 1 is 1.33 bits per heavy atom. The third-order valence-electron chi connectivity index (χ3n) is 5.11. The zero-order chi connectivity index (χ0) is 19.2. The topological polar surface area (TPSA) is 97.2 Å². The van der Waals surface area contributed by atoms with E-state index < -0.39 is 10.9 Å². The summed E-state index contributed by atoms with van der Waals surface area (Å²) in [7, 11) is 1.24. The SMILES string of the molecule is COC(=O)COc1ccc(CN2CCC(N3CCNCC3)C2)cc1[N+](=O)[O-]. The first-order chi connectivity index (χ1) is 13.1. The Morgan fingerprint density at radius 3 is 2.81 bits per heavy atom. The van der Waals surface area contributed by atoms with Crippen LogP contribution in [-0.4, -0.2) is 79.7 Å². The van der Waals surface area contributed by atoms with Crippen molar-refractivity contribution < 1.29 is 19.2 Å². The van der Waals surface area contributed by atoms with Gasteiger partial charge in [0.1, 0.15) is 0 Å². The van der Waals surface area contributed by atoms with E-state index in [-0.39, 0.29) is 18.0 Å². The summed E-state index contributed by atoms with van der Waals surface area (Å²) >= 11 is 0. The number of carbonyl (C=O) groups excluding carboxylic acids is 1. The summed E-state index contributed by atoms with van der Waals surface area (Å²) in [5.41, 5.74) is 0.738. The van der Waals surface area contributed by atoms with Gasteiger partial charge in [0.25, 0.3) is 0 Å². The number of esters is 1. The zero-order valence-electron chi connectivity index (χ0n) is 15.6. The van der Waals surface area contributed by atoms with Crippen molar-refractivity contribution in [2.45, 2.75) is 19.0 Å². The molecule has 0 spiro atoms. The Morgan fingerprint density at radius 2 is 2.11 bits per heavy atom. The summed E-state index contributed by atoms with van der Waals surface area (Å²) in [4.78, 5) is 26.9. The van der Waals surface area contributed by atoms with Crippen LogP contribution in [0, 0.1) is 10.1 Å². The summed E-state index contributed by atoms with van der Waals surface area (Å²) in [5.74, 6) is -0.501. The normalized spacial score (nSPS) is 21.1. The van der Waals surface area contributed by atoms with Crippen LogP contribution in [0.15, 0.2) is 18.2 Å². The second kappa shape index (κ2) is 9.12. The van der Waals surface area contributed by atoms with Gasteiger partial charge in [0.05, 0.1) is 12.0 Å². The van der Waals surface area contributed by atoms with Crippen molar-refractivity contribution in [1.29, 1.82) is 0 Å². The molecule has 9 heteroatoms.